The molecule has 1 aliphatic rings. The third kappa shape index (κ3) is 3.53. The third-order valence-corrected chi connectivity index (χ3v) is 9.94. The molecule has 0 spiro atoms. The molecule has 0 saturated heterocycles. The lowest BCUT2D eigenvalue weighted by molar-refractivity contribution is 0.533. The predicted molar refractivity (Wildman–Crippen MR) is 192 cm³/mol. The summed E-state index contributed by atoms with van der Waals surface area (Å²) in [6, 6.07) is 46.5. The van der Waals surface area contributed by atoms with Crippen molar-refractivity contribution in [2.24, 2.45) is 0 Å². The second-order valence-electron chi connectivity index (χ2n) is 12.6. The van der Waals surface area contributed by atoms with Crippen LogP contribution in [-0.4, -0.2) is 9.55 Å². The summed E-state index contributed by atoms with van der Waals surface area (Å²) in [5.74, 6) is 2.34. The highest BCUT2D eigenvalue weighted by Crippen LogP contribution is 2.46. The summed E-state index contributed by atoms with van der Waals surface area (Å²) < 4.78 is 22.3. The lowest BCUT2D eigenvalue weighted by atomic mass is 9.96. The molecule has 5 heteroatoms. The van der Waals surface area contributed by atoms with E-state index < -0.39 is 0 Å². The van der Waals surface area contributed by atoms with Crippen LogP contribution >= 0.6 is 0 Å². The number of nitrogens with zero attached hydrogens (tertiary/aromatic N) is 2. The first-order valence-electron chi connectivity index (χ1n) is 16.3. The Morgan fingerprint density at radius 1 is 0.542 bits per heavy atom. The Labute approximate surface area is 274 Å². The number of oxazole rings is 1. The number of benzene rings is 6. The van der Waals surface area contributed by atoms with E-state index in [0.717, 1.165) is 102 Å². The van der Waals surface area contributed by atoms with Crippen molar-refractivity contribution in [1.29, 1.82) is 0 Å². The Kier molecular flexibility index (Phi) is 5.16. The van der Waals surface area contributed by atoms with E-state index >= 15 is 0 Å². The molecule has 1 aliphatic carbocycles. The molecule has 4 aromatic heterocycles. The van der Waals surface area contributed by atoms with Gasteiger partial charge in [-0.1, -0.05) is 91.0 Å². The monoisotopic (exact) mass is 618 g/mol. The summed E-state index contributed by atoms with van der Waals surface area (Å²) in [6.45, 7) is 0. The van der Waals surface area contributed by atoms with E-state index in [1.165, 1.54) is 10.8 Å². The van der Waals surface area contributed by atoms with Gasteiger partial charge in [0.1, 0.15) is 16.9 Å². The molecule has 0 fully saturated rings. The summed E-state index contributed by atoms with van der Waals surface area (Å²) in [5, 5.41) is 5.49. The molecular weight excluding hydrogens is 592 g/mol. The van der Waals surface area contributed by atoms with Crippen molar-refractivity contribution in [3.05, 3.63) is 145 Å². The van der Waals surface area contributed by atoms with Crippen molar-refractivity contribution in [2.75, 3.05) is 0 Å². The van der Waals surface area contributed by atoms with Crippen LogP contribution in [0, 0.1) is 0 Å². The number of furan rings is 2. The third-order valence-electron chi connectivity index (χ3n) is 9.94. The Morgan fingerprint density at radius 3 is 2.08 bits per heavy atom. The van der Waals surface area contributed by atoms with Crippen LogP contribution in [0.2, 0.25) is 0 Å². The number of para-hydroxylation sites is 3. The number of aromatic nitrogens is 2. The van der Waals surface area contributed by atoms with E-state index in [1.54, 1.807) is 0 Å². The maximum Gasteiger partial charge on any atom is 0.227 e. The van der Waals surface area contributed by atoms with Crippen LogP contribution in [0.15, 0.2) is 147 Å². The minimum Gasteiger partial charge on any atom is -0.460 e. The highest BCUT2D eigenvalue weighted by Gasteiger charge is 2.30. The maximum absolute atomic E-state index is 6.78. The van der Waals surface area contributed by atoms with Crippen LogP contribution in [0.3, 0.4) is 0 Å². The fraction of sp³-hybridized carbons (Fsp3) is 0.0465. The molecule has 5 nitrogen and oxygen atoms in total. The van der Waals surface area contributed by atoms with Gasteiger partial charge in [-0.25, -0.2) is 4.98 Å². The number of hydrogen-bond donors (Lipinski definition) is 0. The highest BCUT2D eigenvalue weighted by atomic mass is 16.4. The fourth-order valence-electron chi connectivity index (χ4n) is 7.80. The van der Waals surface area contributed by atoms with Crippen LogP contribution in [0.25, 0.3) is 94.3 Å². The first kappa shape index (κ1) is 25.8. The molecule has 6 aromatic carbocycles. The Hall–Kier alpha value is -6.33. The van der Waals surface area contributed by atoms with Gasteiger partial charge < -0.3 is 17.8 Å². The number of fused-ring (bicyclic) bond motifs is 11. The van der Waals surface area contributed by atoms with E-state index in [9.17, 15) is 0 Å². The zero-order chi connectivity index (χ0) is 31.3. The molecular formula is C43H26N2O3. The van der Waals surface area contributed by atoms with E-state index in [0.29, 0.717) is 5.89 Å². The van der Waals surface area contributed by atoms with Crippen LogP contribution in [-0.2, 0) is 12.8 Å². The average Bonchev–Trinajstić information content (AvgIpc) is 3.91. The molecule has 0 atom stereocenters. The average molecular weight is 619 g/mol. The minimum absolute atomic E-state index is 0.591. The molecule has 48 heavy (non-hydrogen) atoms. The molecule has 4 heterocycles. The van der Waals surface area contributed by atoms with E-state index in [-0.39, 0.29) is 0 Å². The van der Waals surface area contributed by atoms with Crippen LogP contribution < -0.4 is 0 Å². The standard InChI is InChI=1S/C43H26N2O3/c1-2-10-25(11-3-1)26-18-19-30-38(24-26)46-37-23-21-32-41(40(30)37)48-43(44-32)31-20-22-35(42-39(31)29-14-6-9-17-36(29)47-42)45-33-15-7-4-12-27(33)28-13-5-8-16-34(28)45/h1-20,22,24H,21,23H2. The molecule has 10 aromatic rings. The summed E-state index contributed by atoms with van der Waals surface area (Å²) in [4.78, 5) is 5.14. The van der Waals surface area contributed by atoms with Crippen molar-refractivity contribution >= 4 is 54.7 Å². The van der Waals surface area contributed by atoms with Crippen LogP contribution in [0.5, 0.6) is 0 Å². The molecule has 0 aliphatic heterocycles. The van der Waals surface area contributed by atoms with Gasteiger partial charge in [0.25, 0.3) is 0 Å². The van der Waals surface area contributed by atoms with Gasteiger partial charge in [0.05, 0.1) is 28.0 Å². The summed E-state index contributed by atoms with van der Waals surface area (Å²) in [5.41, 5.74) is 10.9. The van der Waals surface area contributed by atoms with E-state index in [1.807, 2.05) is 18.2 Å². The molecule has 0 amide bonds. The topological polar surface area (TPSA) is 57.2 Å². The normalized spacial score (nSPS) is 12.8. The van der Waals surface area contributed by atoms with Crippen molar-refractivity contribution in [3.63, 3.8) is 0 Å². The van der Waals surface area contributed by atoms with Crippen molar-refractivity contribution in [3.8, 4) is 39.6 Å². The SMILES string of the molecule is c1ccc(-c2ccc3c4c(oc3c2)CCc2nc(-c3ccc(-n5c6ccccc6c6ccccc65)c5oc6ccccc6c35)oc2-4)cc1. The summed E-state index contributed by atoms with van der Waals surface area (Å²) in [7, 11) is 0. The smallest absolute Gasteiger partial charge is 0.227 e. The second kappa shape index (κ2) is 9.60. The van der Waals surface area contributed by atoms with Gasteiger partial charge in [0, 0.05) is 45.3 Å². The summed E-state index contributed by atoms with van der Waals surface area (Å²) >= 11 is 0. The molecule has 0 radical (unpaired) electrons. The Morgan fingerprint density at radius 2 is 1.27 bits per heavy atom. The largest absolute Gasteiger partial charge is 0.460 e. The Balaban J connectivity index is 1.13. The number of rotatable bonds is 3. The van der Waals surface area contributed by atoms with Gasteiger partial charge in [-0.3, -0.25) is 0 Å². The molecule has 0 N–H and O–H groups in total. The predicted octanol–water partition coefficient (Wildman–Crippen LogP) is 11.5. The van der Waals surface area contributed by atoms with E-state index in [2.05, 4.69) is 120 Å². The van der Waals surface area contributed by atoms with Gasteiger partial charge in [-0.2, -0.15) is 0 Å². The van der Waals surface area contributed by atoms with Gasteiger partial charge in [-0.15, -0.1) is 0 Å². The maximum atomic E-state index is 6.78. The molecule has 0 unspecified atom stereocenters. The van der Waals surface area contributed by atoms with Crippen LogP contribution in [0.4, 0.5) is 0 Å². The number of hydrogen-bond acceptors (Lipinski definition) is 4. The highest BCUT2D eigenvalue weighted by molar-refractivity contribution is 6.16. The molecule has 226 valence electrons. The van der Waals surface area contributed by atoms with Crippen molar-refractivity contribution in [1.82, 2.24) is 9.55 Å². The van der Waals surface area contributed by atoms with Crippen LogP contribution in [0.1, 0.15) is 11.5 Å². The van der Waals surface area contributed by atoms with Gasteiger partial charge >= 0.3 is 0 Å². The van der Waals surface area contributed by atoms with E-state index in [4.69, 9.17) is 18.2 Å². The van der Waals surface area contributed by atoms with Gasteiger partial charge in [0.15, 0.2) is 11.3 Å². The quantitative estimate of drug-likeness (QED) is 0.198. The van der Waals surface area contributed by atoms with Crippen molar-refractivity contribution < 1.29 is 13.3 Å². The van der Waals surface area contributed by atoms with Gasteiger partial charge in [-0.05, 0) is 53.6 Å². The second-order valence-corrected chi connectivity index (χ2v) is 12.6. The van der Waals surface area contributed by atoms with Crippen molar-refractivity contribution in [2.45, 2.75) is 12.8 Å². The summed E-state index contributed by atoms with van der Waals surface area (Å²) in [6.07, 6.45) is 1.53. The molecule has 0 saturated carbocycles. The number of aryl methyl sites for hydroxylation is 2. The zero-order valence-electron chi connectivity index (χ0n) is 25.7. The lowest BCUT2D eigenvalue weighted by Gasteiger charge is -2.10. The Bertz CT molecular complexity index is 2850. The first-order valence-corrected chi connectivity index (χ1v) is 16.3. The molecule has 11 rings (SSSR count). The fourth-order valence-corrected chi connectivity index (χ4v) is 7.80. The lowest BCUT2D eigenvalue weighted by Crippen LogP contribution is -2.00. The van der Waals surface area contributed by atoms with Gasteiger partial charge in [0.2, 0.25) is 5.89 Å². The molecule has 0 bridgehead atoms. The zero-order valence-corrected chi connectivity index (χ0v) is 25.7. The minimum atomic E-state index is 0.591. The first-order chi connectivity index (χ1) is 23.8.